The molecule has 3 atom stereocenters. The monoisotopic (exact) mass is 688 g/mol. The van der Waals surface area contributed by atoms with Gasteiger partial charge in [-0.3, -0.25) is 9.88 Å². The fourth-order valence-corrected chi connectivity index (χ4v) is 10.1. The van der Waals surface area contributed by atoms with Crippen LogP contribution in [0.4, 0.5) is 19.0 Å². The predicted octanol–water partition coefficient (Wildman–Crippen LogP) is 5.10. The highest BCUT2D eigenvalue weighted by atomic mass is 35.5. The number of benzene rings is 2. The third-order valence-electron chi connectivity index (χ3n) is 10.2. The van der Waals surface area contributed by atoms with Crippen LogP contribution in [0.2, 0.25) is 5.02 Å². The van der Waals surface area contributed by atoms with Crippen LogP contribution in [0.5, 0.6) is 11.8 Å². The average molecular weight is 689 g/mol. The van der Waals surface area contributed by atoms with Crippen molar-refractivity contribution < 1.29 is 31.4 Å². The van der Waals surface area contributed by atoms with Crippen LogP contribution in [0, 0.1) is 11.6 Å². The van der Waals surface area contributed by atoms with E-state index >= 15 is 4.39 Å². The van der Waals surface area contributed by atoms with Crippen LogP contribution in [-0.2, 0) is 10.0 Å². The maximum absolute atomic E-state index is 16.8. The van der Waals surface area contributed by atoms with E-state index < -0.39 is 38.9 Å². The van der Waals surface area contributed by atoms with E-state index in [2.05, 4.69) is 19.6 Å². The number of fused-ring (bicyclic) bond motifs is 3. The van der Waals surface area contributed by atoms with E-state index in [-0.39, 0.29) is 56.7 Å². The van der Waals surface area contributed by atoms with E-state index in [1.165, 1.54) is 24.4 Å². The Kier molecular flexibility index (Phi) is 7.25. The third-order valence-corrected chi connectivity index (χ3v) is 12.1. The molecule has 4 aliphatic heterocycles. The molecule has 0 bridgehead atoms. The van der Waals surface area contributed by atoms with Gasteiger partial charge in [-0.1, -0.05) is 17.7 Å². The quantitative estimate of drug-likeness (QED) is 0.295. The highest BCUT2D eigenvalue weighted by Gasteiger charge is 2.49. The van der Waals surface area contributed by atoms with Gasteiger partial charge in [0.25, 0.3) is 0 Å². The summed E-state index contributed by atoms with van der Waals surface area (Å²) in [6.07, 6.45) is 4.18. The lowest BCUT2D eigenvalue weighted by molar-refractivity contribution is 0.107. The Morgan fingerprint density at radius 3 is 2.77 bits per heavy atom. The van der Waals surface area contributed by atoms with Crippen molar-refractivity contribution in [1.82, 2.24) is 24.6 Å². The van der Waals surface area contributed by atoms with Gasteiger partial charge in [-0.25, -0.2) is 26.3 Å². The van der Waals surface area contributed by atoms with Crippen molar-refractivity contribution in [3.05, 3.63) is 47.1 Å². The number of ether oxygens (including phenoxy) is 1. The van der Waals surface area contributed by atoms with Crippen molar-refractivity contribution >= 4 is 49.1 Å². The van der Waals surface area contributed by atoms with Gasteiger partial charge in [0.15, 0.2) is 5.82 Å². The molecule has 10 nitrogen and oxygen atoms in total. The van der Waals surface area contributed by atoms with Crippen molar-refractivity contribution in [3.63, 3.8) is 0 Å². The zero-order valence-corrected chi connectivity index (χ0v) is 26.8. The Morgan fingerprint density at radius 1 is 1.13 bits per heavy atom. The van der Waals surface area contributed by atoms with E-state index in [0.717, 1.165) is 25.5 Å². The Hall–Kier alpha value is -3.46. The molecule has 4 aliphatic rings. The van der Waals surface area contributed by atoms with Gasteiger partial charge in [0.1, 0.15) is 41.4 Å². The second-order valence-electron chi connectivity index (χ2n) is 13.3. The lowest BCUT2D eigenvalue weighted by atomic mass is 9.87. The predicted molar refractivity (Wildman–Crippen MR) is 171 cm³/mol. The highest BCUT2D eigenvalue weighted by Crippen LogP contribution is 2.43. The van der Waals surface area contributed by atoms with E-state index in [0.29, 0.717) is 56.5 Å². The minimum absolute atomic E-state index is 0.0223. The molecule has 1 spiro atoms. The second kappa shape index (κ2) is 11.0. The number of nitrogens with one attached hydrogen (secondary N) is 1. The zero-order valence-electron chi connectivity index (χ0n) is 25.3. The molecule has 0 aliphatic carbocycles. The van der Waals surface area contributed by atoms with Crippen molar-refractivity contribution in [1.29, 1.82) is 0 Å². The van der Waals surface area contributed by atoms with Gasteiger partial charge >= 0.3 is 6.01 Å². The van der Waals surface area contributed by atoms with Crippen LogP contribution in [0.25, 0.3) is 32.9 Å². The number of nitrogens with zero attached hydrogens (tertiary/aromatic N) is 5. The van der Waals surface area contributed by atoms with Gasteiger partial charge in [-0.15, -0.1) is 0 Å². The Morgan fingerprint density at radius 2 is 1.96 bits per heavy atom. The first-order valence-corrected chi connectivity index (χ1v) is 17.7. The number of aromatic hydroxyl groups is 1. The van der Waals surface area contributed by atoms with E-state index in [1.54, 1.807) is 0 Å². The molecule has 2 aromatic carbocycles. The summed E-state index contributed by atoms with van der Waals surface area (Å²) in [7, 11) is -3.41. The first-order valence-electron chi connectivity index (χ1n) is 15.7. The lowest BCUT2D eigenvalue weighted by Gasteiger charge is -2.40. The fraction of sp³-hybridized carbons (Fsp3) is 0.469. The number of aromatic nitrogens is 3. The number of rotatable bonds is 5. The minimum Gasteiger partial charge on any atom is -0.508 e. The molecule has 8 rings (SSSR count). The van der Waals surface area contributed by atoms with Crippen molar-refractivity contribution in [2.45, 2.75) is 55.8 Å². The molecular formula is C32H32ClF3N6O4S. The number of phenols is 1. The first-order chi connectivity index (χ1) is 22.4. The summed E-state index contributed by atoms with van der Waals surface area (Å²) in [5, 5.41) is 11.1. The number of anilines is 1. The van der Waals surface area contributed by atoms with Crippen LogP contribution in [0.3, 0.4) is 0 Å². The van der Waals surface area contributed by atoms with Gasteiger partial charge in [0, 0.05) is 43.2 Å². The third kappa shape index (κ3) is 5.24. The molecule has 47 heavy (non-hydrogen) atoms. The van der Waals surface area contributed by atoms with E-state index in [9.17, 15) is 22.3 Å². The smallest absolute Gasteiger partial charge is 0.319 e. The molecule has 1 unspecified atom stereocenters. The maximum atomic E-state index is 16.8. The molecule has 2 N–H and O–H groups in total. The average Bonchev–Trinajstić information content (AvgIpc) is 3.66. The fourth-order valence-electron chi connectivity index (χ4n) is 8.09. The summed E-state index contributed by atoms with van der Waals surface area (Å²) in [6.45, 7) is 2.04. The standard InChI is InChI=1S/C32H32ClF3N6O4S/c33-25-23(35)4-3-18-11-20(43)12-21(24(18)25)27-26(36)28-22(14-37-27)29(41-8-1-5-31(16-41)7-10-47(44,45)40-31)39-30(38-28)46-17-32-6-2-9-42(32)15-19(34)13-32/h3-4,11-12,14,19,40,43H,1-2,5-10,13,15-17H2/t19-,31?,32+/m1/s1. The number of hydrogen-bond acceptors (Lipinski definition) is 9. The SMILES string of the molecule is O=S1(=O)CCC2(CCCN(c3nc(OC[C@@]45CCCN4C[C@H](F)C5)nc4c(F)c(-c5cc(O)cc6ccc(F)c(Cl)c56)ncc34)C2)N1. The number of hydrogen-bond donors (Lipinski definition) is 2. The molecular weight excluding hydrogens is 657 g/mol. The molecule has 15 heteroatoms. The number of piperidine rings is 1. The van der Waals surface area contributed by atoms with Crippen LogP contribution >= 0.6 is 11.6 Å². The van der Waals surface area contributed by atoms with Crippen LogP contribution < -0.4 is 14.4 Å². The van der Waals surface area contributed by atoms with Gasteiger partial charge < -0.3 is 14.7 Å². The molecule has 4 fully saturated rings. The maximum Gasteiger partial charge on any atom is 0.319 e. The first kappa shape index (κ1) is 30.8. The van der Waals surface area contributed by atoms with E-state index in [1.807, 2.05) is 4.90 Å². The summed E-state index contributed by atoms with van der Waals surface area (Å²) in [5.41, 5.74) is -1.45. The number of phenolic OH excluding ortho intramolecular Hbond substituents is 1. The van der Waals surface area contributed by atoms with Crippen LogP contribution in [0.15, 0.2) is 30.5 Å². The summed E-state index contributed by atoms with van der Waals surface area (Å²) >= 11 is 6.35. The van der Waals surface area contributed by atoms with Crippen molar-refractivity contribution in [2.24, 2.45) is 0 Å². The number of halogens is 4. The Bertz CT molecular complexity index is 2060. The molecule has 0 radical (unpaired) electrons. The molecule has 0 amide bonds. The molecule has 2 aromatic heterocycles. The second-order valence-corrected chi connectivity index (χ2v) is 15.5. The largest absolute Gasteiger partial charge is 0.508 e. The zero-order chi connectivity index (χ0) is 32.7. The van der Waals surface area contributed by atoms with Gasteiger partial charge in [0.2, 0.25) is 10.0 Å². The molecule has 0 saturated carbocycles. The van der Waals surface area contributed by atoms with Crippen molar-refractivity contribution in [2.75, 3.05) is 43.4 Å². The number of alkyl halides is 1. The van der Waals surface area contributed by atoms with Gasteiger partial charge in [-0.05, 0) is 62.2 Å². The highest BCUT2D eigenvalue weighted by molar-refractivity contribution is 7.89. The van der Waals surface area contributed by atoms with E-state index in [4.69, 9.17) is 21.3 Å². The number of pyridine rings is 1. The summed E-state index contributed by atoms with van der Waals surface area (Å²) < 4.78 is 79.7. The van der Waals surface area contributed by atoms with Gasteiger partial charge in [-0.2, -0.15) is 9.97 Å². The normalized spacial score (nSPS) is 27.3. The number of sulfonamides is 1. The molecule has 4 saturated heterocycles. The minimum atomic E-state index is -3.41. The summed E-state index contributed by atoms with van der Waals surface area (Å²) in [5.74, 6) is -1.41. The lowest BCUT2D eigenvalue weighted by Crippen LogP contribution is -2.54. The summed E-state index contributed by atoms with van der Waals surface area (Å²) in [6, 6.07) is 5.16. The van der Waals surface area contributed by atoms with Gasteiger partial charge in [0.05, 0.1) is 27.2 Å². The topological polar surface area (TPSA) is 121 Å². The Labute approximate surface area is 273 Å². The molecule has 4 aromatic rings. The Balaban J connectivity index is 1.26. The summed E-state index contributed by atoms with van der Waals surface area (Å²) in [4.78, 5) is 17.6. The van der Waals surface area contributed by atoms with Crippen LogP contribution in [-0.4, -0.2) is 89.2 Å². The van der Waals surface area contributed by atoms with Crippen molar-refractivity contribution in [3.8, 4) is 23.0 Å². The molecule has 6 heterocycles. The van der Waals surface area contributed by atoms with Crippen LogP contribution in [0.1, 0.15) is 38.5 Å². The molecule has 248 valence electrons.